The summed E-state index contributed by atoms with van der Waals surface area (Å²) in [5.41, 5.74) is 3.65. The molecule has 0 saturated heterocycles. The van der Waals surface area contributed by atoms with Crippen molar-refractivity contribution in [3.05, 3.63) is 58.7 Å². The predicted molar refractivity (Wildman–Crippen MR) is 107 cm³/mol. The molecule has 0 aliphatic rings. The summed E-state index contributed by atoms with van der Waals surface area (Å²) in [4.78, 5) is 0. The zero-order valence-electron chi connectivity index (χ0n) is 16.4. The maximum atomic E-state index is 12.3. The summed E-state index contributed by atoms with van der Waals surface area (Å²) in [6, 6.07) is 11.4. The van der Waals surface area contributed by atoms with Gasteiger partial charge in [-0.1, -0.05) is 87.1 Å². The molecule has 0 bridgehead atoms. The molecule has 0 amide bonds. The summed E-state index contributed by atoms with van der Waals surface area (Å²) in [5, 5.41) is 24.7. The topological polar surface area (TPSA) is 46.1 Å². The smallest absolute Gasteiger partial charge is 0.872 e. The number of benzene rings is 2. The minimum atomic E-state index is 0. The van der Waals surface area contributed by atoms with Crippen LogP contribution in [0.1, 0.15) is 74.6 Å². The molecule has 0 heterocycles. The molecule has 2 aromatic rings. The van der Waals surface area contributed by atoms with E-state index in [1.165, 1.54) is 25.7 Å². The zero-order valence-corrected chi connectivity index (χ0v) is 18.6. The van der Waals surface area contributed by atoms with Crippen LogP contribution in [0.15, 0.2) is 36.4 Å². The van der Waals surface area contributed by atoms with Crippen molar-refractivity contribution in [3.8, 4) is 11.5 Å². The molecule has 0 spiro atoms. The third-order valence-corrected chi connectivity index (χ3v) is 4.78. The van der Waals surface area contributed by atoms with Gasteiger partial charge in [-0.3, -0.25) is 0 Å². The molecule has 3 heteroatoms. The Morgan fingerprint density at radius 2 is 1.08 bits per heavy atom. The van der Waals surface area contributed by atoms with Crippen molar-refractivity contribution in [2.45, 2.75) is 71.6 Å². The Balaban J connectivity index is 0.00000338. The molecule has 136 valence electrons. The molecule has 26 heavy (non-hydrogen) atoms. The van der Waals surface area contributed by atoms with Crippen LogP contribution in [-0.2, 0) is 19.3 Å². The molecule has 0 aliphatic carbocycles. The molecule has 2 aromatic carbocycles. The molecular formula is C23H30CaO2. The Morgan fingerprint density at radius 1 is 0.654 bits per heavy atom. The molecule has 0 saturated carbocycles. The Hall–Kier alpha value is -0.700. The van der Waals surface area contributed by atoms with E-state index in [1.54, 1.807) is 12.1 Å². The summed E-state index contributed by atoms with van der Waals surface area (Å²) in [6.45, 7) is 4.36. The fourth-order valence-electron chi connectivity index (χ4n) is 3.16. The fraction of sp³-hybridized carbons (Fsp3) is 0.478. The van der Waals surface area contributed by atoms with Gasteiger partial charge < -0.3 is 10.2 Å². The maximum absolute atomic E-state index is 12.3. The van der Waals surface area contributed by atoms with Crippen molar-refractivity contribution < 1.29 is 10.2 Å². The second-order valence-corrected chi connectivity index (χ2v) is 6.98. The second kappa shape index (κ2) is 12.6. The van der Waals surface area contributed by atoms with E-state index < -0.39 is 0 Å². The summed E-state index contributed by atoms with van der Waals surface area (Å²) in [5.74, 6) is 0.112. The van der Waals surface area contributed by atoms with Crippen LogP contribution in [0.5, 0.6) is 11.5 Å². The van der Waals surface area contributed by atoms with Crippen LogP contribution in [-0.4, -0.2) is 37.7 Å². The van der Waals surface area contributed by atoms with Gasteiger partial charge in [0, 0.05) is 0 Å². The molecule has 2 nitrogen and oxygen atoms in total. The average Bonchev–Trinajstić information content (AvgIpc) is 2.59. The first-order valence-corrected chi connectivity index (χ1v) is 9.71. The average molecular weight is 379 g/mol. The maximum Gasteiger partial charge on any atom is 2.00 e. The van der Waals surface area contributed by atoms with E-state index in [0.717, 1.165) is 47.9 Å². The molecule has 0 unspecified atom stereocenters. The number of hydrogen-bond acceptors (Lipinski definition) is 2. The summed E-state index contributed by atoms with van der Waals surface area (Å²) >= 11 is 0. The van der Waals surface area contributed by atoms with Crippen molar-refractivity contribution in [2.75, 3.05) is 0 Å². The number of hydrogen-bond donors (Lipinski definition) is 0. The minimum Gasteiger partial charge on any atom is -0.872 e. The van der Waals surface area contributed by atoms with Crippen LogP contribution in [0.4, 0.5) is 0 Å². The predicted octanol–water partition coefficient (Wildman–Crippen LogP) is 4.51. The van der Waals surface area contributed by atoms with Crippen molar-refractivity contribution in [1.82, 2.24) is 0 Å². The van der Waals surface area contributed by atoms with Crippen molar-refractivity contribution in [2.24, 2.45) is 0 Å². The van der Waals surface area contributed by atoms with Gasteiger partial charge in [-0.05, 0) is 43.2 Å². The Kier molecular flexibility index (Phi) is 11.4. The van der Waals surface area contributed by atoms with Crippen LogP contribution < -0.4 is 10.2 Å². The number of unbranched alkanes of at least 4 members (excludes halogenated alkanes) is 4. The monoisotopic (exact) mass is 378 g/mol. The van der Waals surface area contributed by atoms with Crippen LogP contribution in [0.2, 0.25) is 0 Å². The van der Waals surface area contributed by atoms with Crippen molar-refractivity contribution in [1.29, 1.82) is 0 Å². The van der Waals surface area contributed by atoms with E-state index in [0.29, 0.717) is 6.42 Å². The van der Waals surface area contributed by atoms with Gasteiger partial charge in [-0.2, -0.15) is 0 Å². The van der Waals surface area contributed by atoms with Gasteiger partial charge in [0.2, 0.25) is 0 Å². The SMILES string of the molecule is CCCCCc1ccc(Cc2ccc(CCCCC)cc2[O-])c([O-])c1.[Ca+2]. The fourth-order valence-corrected chi connectivity index (χ4v) is 3.16. The van der Waals surface area contributed by atoms with Gasteiger partial charge >= 0.3 is 37.7 Å². The van der Waals surface area contributed by atoms with E-state index in [1.807, 2.05) is 24.3 Å². The van der Waals surface area contributed by atoms with Gasteiger partial charge in [0.05, 0.1) is 0 Å². The Labute approximate surface area is 188 Å². The van der Waals surface area contributed by atoms with E-state index in [9.17, 15) is 10.2 Å². The first-order chi connectivity index (χ1) is 12.1. The van der Waals surface area contributed by atoms with Crippen LogP contribution >= 0.6 is 0 Å². The van der Waals surface area contributed by atoms with Gasteiger partial charge in [-0.25, -0.2) is 0 Å². The van der Waals surface area contributed by atoms with E-state index in [4.69, 9.17) is 0 Å². The van der Waals surface area contributed by atoms with E-state index in [-0.39, 0.29) is 49.2 Å². The van der Waals surface area contributed by atoms with Gasteiger partial charge in [0.1, 0.15) is 0 Å². The number of rotatable bonds is 10. The van der Waals surface area contributed by atoms with E-state index >= 15 is 0 Å². The first kappa shape index (κ1) is 23.3. The standard InChI is InChI=1S/C23H32O2.Ca/c1-3-5-7-9-18-11-13-20(22(24)15-18)17-21-14-12-19(16-23(21)25)10-8-6-4-2;/h11-16,24-25H,3-10,17H2,1-2H3;/q;+2/p-2. The largest absolute Gasteiger partial charge is 2.00 e. The molecule has 0 N–H and O–H groups in total. The summed E-state index contributed by atoms with van der Waals surface area (Å²) < 4.78 is 0. The van der Waals surface area contributed by atoms with Gasteiger partial charge in [-0.15, -0.1) is 11.5 Å². The van der Waals surface area contributed by atoms with E-state index in [2.05, 4.69) is 13.8 Å². The molecule has 2 rings (SSSR count). The van der Waals surface area contributed by atoms with Crippen LogP contribution in [0.3, 0.4) is 0 Å². The third-order valence-electron chi connectivity index (χ3n) is 4.78. The molecule has 0 aromatic heterocycles. The molecule has 0 atom stereocenters. The summed E-state index contributed by atoms with van der Waals surface area (Å²) in [7, 11) is 0. The Morgan fingerprint density at radius 3 is 1.42 bits per heavy atom. The normalized spacial score (nSPS) is 10.5. The molecular weight excluding hydrogens is 348 g/mol. The second-order valence-electron chi connectivity index (χ2n) is 6.98. The first-order valence-electron chi connectivity index (χ1n) is 9.71. The number of aryl methyl sites for hydroxylation is 2. The van der Waals surface area contributed by atoms with Gasteiger partial charge in [0.25, 0.3) is 0 Å². The summed E-state index contributed by atoms with van der Waals surface area (Å²) in [6.07, 6.45) is 9.36. The molecule has 0 radical (unpaired) electrons. The zero-order chi connectivity index (χ0) is 18.1. The minimum absolute atomic E-state index is 0. The Bertz CT molecular complexity index is 610. The molecule has 0 aliphatic heterocycles. The third kappa shape index (κ3) is 7.50. The molecule has 0 fully saturated rings. The van der Waals surface area contributed by atoms with Crippen molar-refractivity contribution in [3.63, 3.8) is 0 Å². The van der Waals surface area contributed by atoms with Crippen LogP contribution in [0.25, 0.3) is 0 Å². The quantitative estimate of drug-likeness (QED) is 0.451. The van der Waals surface area contributed by atoms with Gasteiger partial charge in [0.15, 0.2) is 0 Å². The van der Waals surface area contributed by atoms with Crippen LogP contribution in [0, 0.1) is 0 Å². The van der Waals surface area contributed by atoms with Crippen molar-refractivity contribution >= 4 is 37.7 Å².